The minimum atomic E-state index is -0.0827. The minimum absolute atomic E-state index is 0.0827. The van der Waals surface area contributed by atoms with E-state index in [4.69, 9.17) is 0 Å². The summed E-state index contributed by atoms with van der Waals surface area (Å²) in [5, 5.41) is 6.06. The Morgan fingerprint density at radius 2 is 1.41 bits per heavy atom. The van der Waals surface area contributed by atoms with Crippen molar-refractivity contribution >= 4 is 11.7 Å². The Labute approximate surface area is 203 Å². The molecule has 0 spiro atoms. The second-order valence-corrected chi connectivity index (χ2v) is 9.58. The van der Waals surface area contributed by atoms with Crippen molar-refractivity contribution in [3.05, 3.63) is 101 Å². The normalized spacial score (nSPS) is 18.8. The van der Waals surface area contributed by atoms with Gasteiger partial charge < -0.3 is 15.5 Å². The van der Waals surface area contributed by atoms with Gasteiger partial charge in [-0.1, -0.05) is 86.1 Å². The number of nitrogens with zero attached hydrogens (tertiary/aromatic N) is 1. The summed E-state index contributed by atoms with van der Waals surface area (Å²) >= 11 is 0. The van der Waals surface area contributed by atoms with Crippen LogP contribution in [-0.2, 0) is 6.54 Å². The van der Waals surface area contributed by atoms with Gasteiger partial charge in [0, 0.05) is 43.7 Å². The zero-order valence-corrected chi connectivity index (χ0v) is 20.1. The van der Waals surface area contributed by atoms with Crippen molar-refractivity contribution < 1.29 is 4.79 Å². The first-order chi connectivity index (χ1) is 16.7. The average Bonchev–Trinajstić information content (AvgIpc) is 2.89. The minimum Gasteiger partial charge on any atom is -0.371 e. The van der Waals surface area contributed by atoms with Crippen LogP contribution in [0, 0.1) is 0 Å². The number of benzene rings is 3. The van der Waals surface area contributed by atoms with Crippen molar-refractivity contribution in [1.82, 2.24) is 10.6 Å². The molecule has 0 saturated heterocycles. The molecule has 2 amide bonds. The zero-order valence-electron chi connectivity index (χ0n) is 20.1. The number of carbonyl (C=O) groups is 1. The largest absolute Gasteiger partial charge is 0.371 e. The maximum absolute atomic E-state index is 12.3. The van der Waals surface area contributed by atoms with Crippen LogP contribution in [0.3, 0.4) is 0 Å². The van der Waals surface area contributed by atoms with E-state index in [2.05, 4.69) is 95.3 Å². The molecule has 0 aromatic heterocycles. The van der Waals surface area contributed by atoms with Crippen molar-refractivity contribution in [1.29, 1.82) is 0 Å². The molecule has 0 saturated carbocycles. The molecule has 3 aromatic rings. The molecule has 34 heavy (non-hydrogen) atoms. The molecule has 0 fully saturated rings. The summed E-state index contributed by atoms with van der Waals surface area (Å²) in [5.74, 6) is 0.776. The van der Waals surface area contributed by atoms with Crippen LogP contribution in [0.1, 0.15) is 72.3 Å². The Morgan fingerprint density at radius 3 is 1.94 bits per heavy atom. The fourth-order valence-electron chi connectivity index (χ4n) is 5.65. The van der Waals surface area contributed by atoms with Crippen LogP contribution in [0.25, 0.3) is 0 Å². The average molecular weight is 454 g/mol. The second kappa shape index (κ2) is 10.3. The first-order valence-corrected chi connectivity index (χ1v) is 12.8. The number of hydrogen-bond donors (Lipinski definition) is 2. The third-order valence-corrected chi connectivity index (χ3v) is 7.34. The Morgan fingerprint density at radius 1 is 0.853 bits per heavy atom. The topological polar surface area (TPSA) is 44.4 Å². The first kappa shape index (κ1) is 22.5. The quantitative estimate of drug-likeness (QED) is 0.421. The number of unbranched alkanes of at least 4 members (excludes halogenated alkanes) is 1. The van der Waals surface area contributed by atoms with Crippen LogP contribution in [0.5, 0.6) is 0 Å². The lowest BCUT2D eigenvalue weighted by Crippen LogP contribution is -2.38. The molecule has 176 valence electrons. The number of hydrogen-bond acceptors (Lipinski definition) is 2. The Balaban J connectivity index is 1.52. The Hall–Kier alpha value is -3.27. The molecule has 2 aliphatic rings. The van der Waals surface area contributed by atoms with Crippen molar-refractivity contribution in [3.8, 4) is 0 Å². The van der Waals surface area contributed by atoms with E-state index in [0.717, 1.165) is 45.3 Å². The standard InChI is InChI=1S/C30H35N3O/c1-2-3-16-31-30(34)32-21-22-19-27-25(23-10-6-4-7-11-23)14-17-33-18-15-26(28(20-22)29(27)33)24-12-8-5-9-13-24/h4-13,19-20,25-26H,2-3,14-18,21H2,1H3,(H2,31,32,34). The van der Waals surface area contributed by atoms with E-state index in [0.29, 0.717) is 18.4 Å². The van der Waals surface area contributed by atoms with Crippen molar-refractivity contribution in [2.24, 2.45) is 0 Å². The van der Waals surface area contributed by atoms with Gasteiger partial charge >= 0.3 is 6.03 Å². The predicted octanol–water partition coefficient (Wildman–Crippen LogP) is 6.16. The number of nitrogens with one attached hydrogen (secondary N) is 2. The van der Waals surface area contributed by atoms with E-state index in [1.807, 2.05) is 0 Å². The Kier molecular flexibility index (Phi) is 6.84. The van der Waals surface area contributed by atoms with Gasteiger partial charge in [-0.2, -0.15) is 0 Å². The fraction of sp³-hybridized carbons (Fsp3) is 0.367. The molecular weight excluding hydrogens is 418 g/mol. The first-order valence-electron chi connectivity index (χ1n) is 12.8. The second-order valence-electron chi connectivity index (χ2n) is 9.58. The van der Waals surface area contributed by atoms with E-state index in [-0.39, 0.29) is 6.03 Å². The lowest BCUT2D eigenvalue weighted by Gasteiger charge is -2.43. The molecule has 3 aromatic carbocycles. The van der Waals surface area contributed by atoms with Gasteiger partial charge in [-0.25, -0.2) is 4.79 Å². The molecular formula is C30H35N3O. The van der Waals surface area contributed by atoms with Gasteiger partial charge in [0.2, 0.25) is 0 Å². The lowest BCUT2D eigenvalue weighted by atomic mass is 9.76. The van der Waals surface area contributed by atoms with Crippen LogP contribution in [0.4, 0.5) is 10.5 Å². The SMILES string of the molecule is CCCCNC(=O)NCc1cc2c3c(c1)C(c1ccccc1)CCN3CCC2c1ccccc1. The smallest absolute Gasteiger partial charge is 0.315 e. The summed E-state index contributed by atoms with van der Waals surface area (Å²) in [6, 6.07) is 26.4. The van der Waals surface area contributed by atoms with Crippen LogP contribution in [0.2, 0.25) is 0 Å². The highest BCUT2D eigenvalue weighted by molar-refractivity contribution is 5.74. The number of carbonyl (C=O) groups excluding carboxylic acids is 1. The van der Waals surface area contributed by atoms with E-state index >= 15 is 0 Å². The maximum Gasteiger partial charge on any atom is 0.315 e. The van der Waals surface area contributed by atoms with Gasteiger partial charge in [0.1, 0.15) is 0 Å². The van der Waals surface area contributed by atoms with Gasteiger partial charge in [0.25, 0.3) is 0 Å². The molecule has 4 heteroatoms. The van der Waals surface area contributed by atoms with Gasteiger partial charge in [0.05, 0.1) is 0 Å². The summed E-state index contributed by atoms with van der Waals surface area (Å²) in [6.07, 6.45) is 4.33. The van der Waals surface area contributed by atoms with Crippen LogP contribution >= 0.6 is 0 Å². The molecule has 4 nitrogen and oxygen atoms in total. The molecule has 0 bridgehead atoms. The van der Waals surface area contributed by atoms with Crippen molar-refractivity contribution in [2.45, 2.75) is 51.0 Å². The molecule has 5 rings (SSSR count). The summed E-state index contributed by atoms with van der Waals surface area (Å²) < 4.78 is 0. The maximum atomic E-state index is 12.3. The van der Waals surface area contributed by atoms with Crippen molar-refractivity contribution in [2.75, 3.05) is 24.5 Å². The van der Waals surface area contributed by atoms with Gasteiger partial charge in [-0.15, -0.1) is 0 Å². The number of anilines is 1. The van der Waals surface area contributed by atoms with Crippen LogP contribution in [-0.4, -0.2) is 25.7 Å². The van der Waals surface area contributed by atoms with Crippen LogP contribution < -0.4 is 15.5 Å². The molecule has 2 atom stereocenters. The number of amides is 2. The number of urea groups is 1. The zero-order chi connectivity index (χ0) is 23.3. The van der Waals surface area contributed by atoms with Gasteiger partial charge in [-0.05, 0) is 47.1 Å². The van der Waals surface area contributed by atoms with E-state index in [1.54, 1.807) is 0 Å². The highest BCUT2D eigenvalue weighted by atomic mass is 16.2. The highest BCUT2D eigenvalue weighted by Gasteiger charge is 2.34. The molecule has 2 aliphatic heterocycles. The third kappa shape index (κ3) is 4.68. The summed E-state index contributed by atoms with van der Waals surface area (Å²) in [4.78, 5) is 14.9. The summed E-state index contributed by atoms with van der Waals surface area (Å²) in [5.41, 5.74) is 8.21. The van der Waals surface area contributed by atoms with Gasteiger partial charge in [0.15, 0.2) is 0 Å². The highest BCUT2D eigenvalue weighted by Crippen LogP contribution is 2.48. The predicted molar refractivity (Wildman–Crippen MR) is 140 cm³/mol. The van der Waals surface area contributed by atoms with E-state index in [1.165, 1.54) is 33.5 Å². The van der Waals surface area contributed by atoms with Gasteiger partial charge in [-0.3, -0.25) is 0 Å². The molecule has 2 N–H and O–H groups in total. The molecule has 2 heterocycles. The summed E-state index contributed by atoms with van der Waals surface area (Å²) in [7, 11) is 0. The number of rotatable bonds is 7. The Bertz CT molecular complexity index is 1040. The fourth-order valence-corrected chi connectivity index (χ4v) is 5.65. The lowest BCUT2D eigenvalue weighted by molar-refractivity contribution is 0.240. The molecule has 0 radical (unpaired) electrons. The van der Waals surface area contributed by atoms with Crippen molar-refractivity contribution in [3.63, 3.8) is 0 Å². The third-order valence-electron chi connectivity index (χ3n) is 7.34. The molecule has 2 unspecified atom stereocenters. The van der Waals surface area contributed by atoms with E-state index in [9.17, 15) is 4.79 Å². The monoisotopic (exact) mass is 453 g/mol. The molecule has 0 aliphatic carbocycles. The van der Waals surface area contributed by atoms with E-state index < -0.39 is 0 Å². The summed E-state index contributed by atoms with van der Waals surface area (Å²) in [6.45, 7) is 5.59. The van der Waals surface area contributed by atoms with Crippen LogP contribution in [0.15, 0.2) is 72.8 Å².